The highest BCUT2D eigenvalue weighted by molar-refractivity contribution is 5.75. The number of nitrogens with zero attached hydrogens (tertiary/aromatic N) is 3. The summed E-state index contributed by atoms with van der Waals surface area (Å²) >= 11 is 0. The van der Waals surface area contributed by atoms with Gasteiger partial charge in [0.05, 0.1) is 13.2 Å². The fraction of sp³-hybridized carbons (Fsp3) is 0.700. The van der Waals surface area contributed by atoms with Gasteiger partial charge in [0.1, 0.15) is 18.7 Å². The Balaban J connectivity index is 2.59. The van der Waals surface area contributed by atoms with E-state index < -0.39 is 0 Å². The standard InChI is InChI=1S/C10H18N4O2/c1-4-16-10(15)9(13-8(2)3)5-14-7-11-6-12-14/h6-9,13H,4-5H2,1-3H3. The Kier molecular flexibility index (Phi) is 4.91. The minimum atomic E-state index is -0.387. The first-order valence-electron chi connectivity index (χ1n) is 5.38. The fourth-order valence-electron chi connectivity index (χ4n) is 1.35. The van der Waals surface area contributed by atoms with E-state index in [1.54, 1.807) is 17.9 Å². The van der Waals surface area contributed by atoms with Crippen molar-refractivity contribution in [2.75, 3.05) is 6.61 Å². The quantitative estimate of drug-likeness (QED) is 0.702. The molecule has 90 valence electrons. The van der Waals surface area contributed by atoms with E-state index in [-0.39, 0.29) is 18.1 Å². The van der Waals surface area contributed by atoms with Crippen LogP contribution in [0, 0.1) is 0 Å². The van der Waals surface area contributed by atoms with Crippen molar-refractivity contribution in [1.29, 1.82) is 0 Å². The topological polar surface area (TPSA) is 69.0 Å². The summed E-state index contributed by atoms with van der Waals surface area (Å²) in [4.78, 5) is 15.5. The maximum Gasteiger partial charge on any atom is 0.325 e. The second kappa shape index (κ2) is 6.22. The average molecular weight is 226 g/mol. The lowest BCUT2D eigenvalue weighted by atomic mass is 10.2. The Morgan fingerprint density at radius 2 is 2.31 bits per heavy atom. The second-order valence-corrected chi connectivity index (χ2v) is 3.74. The molecule has 0 aliphatic heterocycles. The normalized spacial score (nSPS) is 12.8. The van der Waals surface area contributed by atoms with Crippen LogP contribution in [0.4, 0.5) is 0 Å². The molecule has 16 heavy (non-hydrogen) atoms. The molecule has 0 aliphatic carbocycles. The first-order chi connectivity index (χ1) is 7.63. The molecular weight excluding hydrogens is 208 g/mol. The van der Waals surface area contributed by atoms with Crippen LogP contribution >= 0.6 is 0 Å². The van der Waals surface area contributed by atoms with E-state index in [1.165, 1.54) is 6.33 Å². The average Bonchev–Trinajstić information content (AvgIpc) is 2.69. The molecule has 6 heteroatoms. The van der Waals surface area contributed by atoms with E-state index >= 15 is 0 Å². The molecule has 0 spiro atoms. The summed E-state index contributed by atoms with van der Waals surface area (Å²) in [7, 11) is 0. The highest BCUT2D eigenvalue weighted by Gasteiger charge is 2.21. The monoisotopic (exact) mass is 226 g/mol. The van der Waals surface area contributed by atoms with Crippen LogP contribution in [0.2, 0.25) is 0 Å². The van der Waals surface area contributed by atoms with Crippen molar-refractivity contribution in [3.63, 3.8) is 0 Å². The maximum absolute atomic E-state index is 11.7. The van der Waals surface area contributed by atoms with Crippen LogP contribution in [-0.4, -0.2) is 39.4 Å². The molecule has 1 aromatic heterocycles. The molecule has 0 saturated carbocycles. The Hall–Kier alpha value is -1.43. The molecule has 1 heterocycles. The van der Waals surface area contributed by atoms with Gasteiger partial charge in [-0.3, -0.25) is 9.48 Å². The molecule has 0 radical (unpaired) electrons. The fourth-order valence-corrected chi connectivity index (χ4v) is 1.35. The van der Waals surface area contributed by atoms with Gasteiger partial charge in [-0.25, -0.2) is 4.98 Å². The van der Waals surface area contributed by atoms with Crippen LogP contribution in [0.5, 0.6) is 0 Å². The SMILES string of the molecule is CCOC(=O)C(Cn1cncn1)NC(C)C. The third kappa shape index (κ3) is 3.98. The van der Waals surface area contributed by atoms with Crippen LogP contribution < -0.4 is 5.32 Å². The lowest BCUT2D eigenvalue weighted by Gasteiger charge is -2.19. The number of hydrogen-bond acceptors (Lipinski definition) is 5. The highest BCUT2D eigenvalue weighted by atomic mass is 16.5. The largest absolute Gasteiger partial charge is 0.465 e. The smallest absolute Gasteiger partial charge is 0.325 e. The first-order valence-corrected chi connectivity index (χ1v) is 5.38. The molecule has 0 aliphatic rings. The van der Waals surface area contributed by atoms with Gasteiger partial charge in [0, 0.05) is 6.04 Å². The van der Waals surface area contributed by atoms with Crippen molar-refractivity contribution in [3.05, 3.63) is 12.7 Å². The highest BCUT2D eigenvalue weighted by Crippen LogP contribution is 1.96. The van der Waals surface area contributed by atoms with E-state index in [0.29, 0.717) is 13.2 Å². The van der Waals surface area contributed by atoms with E-state index in [1.807, 2.05) is 13.8 Å². The molecule has 1 N–H and O–H groups in total. The predicted octanol–water partition coefficient (Wildman–Crippen LogP) is 0.208. The van der Waals surface area contributed by atoms with Gasteiger partial charge in [0.25, 0.3) is 0 Å². The Bertz CT molecular complexity index is 311. The summed E-state index contributed by atoms with van der Waals surface area (Å²) in [6.45, 7) is 6.56. The Morgan fingerprint density at radius 1 is 1.56 bits per heavy atom. The summed E-state index contributed by atoms with van der Waals surface area (Å²) in [5.74, 6) is -0.258. The maximum atomic E-state index is 11.7. The van der Waals surface area contributed by atoms with Crippen LogP contribution in [-0.2, 0) is 16.1 Å². The van der Waals surface area contributed by atoms with Crippen molar-refractivity contribution >= 4 is 5.97 Å². The molecule has 1 aromatic rings. The van der Waals surface area contributed by atoms with Gasteiger partial charge >= 0.3 is 5.97 Å². The van der Waals surface area contributed by atoms with Crippen LogP contribution in [0.25, 0.3) is 0 Å². The number of nitrogens with one attached hydrogen (secondary N) is 1. The number of hydrogen-bond donors (Lipinski definition) is 1. The molecule has 0 aromatic carbocycles. The zero-order valence-corrected chi connectivity index (χ0v) is 9.88. The van der Waals surface area contributed by atoms with E-state index in [0.717, 1.165) is 0 Å². The minimum Gasteiger partial charge on any atom is -0.465 e. The predicted molar refractivity (Wildman–Crippen MR) is 58.7 cm³/mol. The van der Waals surface area contributed by atoms with Gasteiger partial charge in [-0.1, -0.05) is 13.8 Å². The molecule has 6 nitrogen and oxygen atoms in total. The van der Waals surface area contributed by atoms with Gasteiger partial charge in [-0.05, 0) is 6.92 Å². The van der Waals surface area contributed by atoms with Crippen LogP contribution in [0.15, 0.2) is 12.7 Å². The zero-order chi connectivity index (χ0) is 12.0. The van der Waals surface area contributed by atoms with E-state index in [9.17, 15) is 4.79 Å². The number of esters is 1. The second-order valence-electron chi connectivity index (χ2n) is 3.74. The minimum absolute atomic E-state index is 0.206. The molecule has 0 amide bonds. The summed E-state index contributed by atoms with van der Waals surface area (Å²) in [6.07, 6.45) is 3.02. The molecule has 1 atom stereocenters. The van der Waals surface area contributed by atoms with Gasteiger partial charge in [0.2, 0.25) is 0 Å². The van der Waals surface area contributed by atoms with Crippen LogP contribution in [0.3, 0.4) is 0 Å². The molecule has 1 unspecified atom stereocenters. The van der Waals surface area contributed by atoms with Gasteiger partial charge in [-0.2, -0.15) is 5.10 Å². The third-order valence-corrected chi connectivity index (χ3v) is 1.94. The van der Waals surface area contributed by atoms with Crippen molar-refractivity contribution in [3.8, 4) is 0 Å². The van der Waals surface area contributed by atoms with Crippen LogP contribution in [0.1, 0.15) is 20.8 Å². The third-order valence-electron chi connectivity index (χ3n) is 1.94. The number of carbonyl (C=O) groups excluding carboxylic acids is 1. The number of ether oxygens (including phenoxy) is 1. The molecular formula is C10H18N4O2. The zero-order valence-electron chi connectivity index (χ0n) is 9.88. The molecule has 0 fully saturated rings. The van der Waals surface area contributed by atoms with E-state index in [2.05, 4.69) is 15.4 Å². The Labute approximate surface area is 95.0 Å². The lowest BCUT2D eigenvalue weighted by molar-refractivity contribution is -0.146. The summed E-state index contributed by atoms with van der Waals surface area (Å²) < 4.78 is 6.60. The molecule has 0 bridgehead atoms. The van der Waals surface area contributed by atoms with Crippen molar-refractivity contribution in [1.82, 2.24) is 20.1 Å². The van der Waals surface area contributed by atoms with Crippen molar-refractivity contribution < 1.29 is 9.53 Å². The molecule has 1 rings (SSSR count). The lowest BCUT2D eigenvalue weighted by Crippen LogP contribution is -2.44. The number of aromatic nitrogens is 3. The van der Waals surface area contributed by atoms with E-state index in [4.69, 9.17) is 4.74 Å². The van der Waals surface area contributed by atoms with Gasteiger partial charge in [0.15, 0.2) is 0 Å². The van der Waals surface area contributed by atoms with Gasteiger partial charge < -0.3 is 10.1 Å². The number of rotatable bonds is 6. The van der Waals surface area contributed by atoms with Crippen molar-refractivity contribution in [2.24, 2.45) is 0 Å². The van der Waals surface area contributed by atoms with Crippen molar-refractivity contribution in [2.45, 2.75) is 39.4 Å². The van der Waals surface area contributed by atoms with Gasteiger partial charge in [-0.15, -0.1) is 0 Å². The molecule has 0 saturated heterocycles. The summed E-state index contributed by atoms with van der Waals surface area (Å²) in [5, 5.41) is 7.10. The number of carbonyl (C=O) groups is 1. The summed E-state index contributed by atoms with van der Waals surface area (Å²) in [5.41, 5.74) is 0. The first kappa shape index (κ1) is 12.6. The Morgan fingerprint density at radius 3 is 2.81 bits per heavy atom. The summed E-state index contributed by atoms with van der Waals surface area (Å²) in [6, 6.07) is -0.181.